The number of nitrogens with zero attached hydrogens (tertiary/aromatic N) is 2. The Balaban J connectivity index is 2.04. The molecule has 0 aromatic rings. The van der Waals surface area contributed by atoms with Crippen LogP contribution in [0, 0.1) is 0 Å². The van der Waals surface area contributed by atoms with Crippen LogP contribution in [0.5, 0.6) is 0 Å². The van der Waals surface area contributed by atoms with Gasteiger partial charge in [-0.15, -0.1) is 0 Å². The molecule has 2 aliphatic rings. The zero-order valence-electron chi connectivity index (χ0n) is 12.7. The second kappa shape index (κ2) is 5.89. The van der Waals surface area contributed by atoms with E-state index in [9.17, 15) is 0 Å². The number of nitrogens with one attached hydrogen (secondary N) is 1. The van der Waals surface area contributed by atoms with Gasteiger partial charge >= 0.3 is 0 Å². The van der Waals surface area contributed by atoms with E-state index in [0.29, 0.717) is 11.6 Å². The summed E-state index contributed by atoms with van der Waals surface area (Å²) < 4.78 is 0. The van der Waals surface area contributed by atoms with Crippen molar-refractivity contribution in [2.45, 2.75) is 63.6 Å². The largest absolute Gasteiger partial charge is 0.315 e. The van der Waals surface area contributed by atoms with Crippen LogP contribution in [-0.4, -0.2) is 61.2 Å². The minimum Gasteiger partial charge on any atom is -0.315 e. The van der Waals surface area contributed by atoms with Crippen LogP contribution in [0.2, 0.25) is 0 Å². The Kier molecular flexibility index (Phi) is 4.68. The van der Waals surface area contributed by atoms with Crippen molar-refractivity contribution >= 4 is 0 Å². The summed E-state index contributed by atoms with van der Waals surface area (Å²) in [5, 5.41) is 3.57. The van der Waals surface area contributed by atoms with Crippen molar-refractivity contribution in [2.24, 2.45) is 0 Å². The van der Waals surface area contributed by atoms with E-state index in [1.54, 1.807) is 0 Å². The number of hydrogen-bond acceptors (Lipinski definition) is 3. The van der Waals surface area contributed by atoms with Gasteiger partial charge in [-0.3, -0.25) is 9.80 Å². The molecular weight excluding hydrogens is 222 g/mol. The Morgan fingerprint density at radius 3 is 2.44 bits per heavy atom. The monoisotopic (exact) mass is 253 g/mol. The lowest BCUT2D eigenvalue weighted by Crippen LogP contribution is -2.62. The van der Waals surface area contributed by atoms with Gasteiger partial charge in [0.05, 0.1) is 0 Å². The maximum Gasteiger partial charge on any atom is 0.0277 e. The second-order valence-electron chi connectivity index (χ2n) is 6.80. The first-order valence-electron chi connectivity index (χ1n) is 7.67. The lowest BCUT2D eigenvalue weighted by Gasteiger charge is -2.49. The standard InChI is InChI=1S/C15H31N3/c1-15(2)12-18(11-10-17(15)4)14-9-7-5-6-8-13(14)16-3/h13-14,16H,5-12H2,1-4H3. The molecule has 0 bridgehead atoms. The predicted octanol–water partition coefficient (Wildman–Crippen LogP) is 1.93. The molecule has 1 aliphatic carbocycles. The molecule has 3 nitrogen and oxygen atoms in total. The van der Waals surface area contributed by atoms with Gasteiger partial charge in [0.2, 0.25) is 0 Å². The first kappa shape index (κ1) is 14.3. The molecule has 1 heterocycles. The summed E-state index contributed by atoms with van der Waals surface area (Å²) in [6, 6.07) is 1.46. The molecule has 1 saturated carbocycles. The van der Waals surface area contributed by atoms with E-state index in [1.807, 2.05) is 0 Å². The van der Waals surface area contributed by atoms with Crippen molar-refractivity contribution < 1.29 is 0 Å². The minimum absolute atomic E-state index is 0.322. The SMILES string of the molecule is CNC1CCCCCC1N1CCN(C)C(C)(C)C1. The maximum atomic E-state index is 3.57. The van der Waals surface area contributed by atoms with Crippen molar-refractivity contribution in [3.63, 3.8) is 0 Å². The van der Waals surface area contributed by atoms with Gasteiger partial charge in [0.25, 0.3) is 0 Å². The molecule has 18 heavy (non-hydrogen) atoms. The molecule has 1 saturated heterocycles. The number of rotatable bonds is 2. The van der Waals surface area contributed by atoms with Gasteiger partial charge in [-0.2, -0.15) is 0 Å². The number of hydrogen-bond donors (Lipinski definition) is 1. The van der Waals surface area contributed by atoms with E-state index in [1.165, 1.54) is 51.7 Å². The van der Waals surface area contributed by atoms with Gasteiger partial charge in [-0.05, 0) is 40.8 Å². The Morgan fingerprint density at radius 1 is 1.06 bits per heavy atom. The summed E-state index contributed by atoms with van der Waals surface area (Å²) in [5.41, 5.74) is 0.322. The van der Waals surface area contributed by atoms with Gasteiger partial charge in [-0.25, -0.2) is 0 Å². The smallest absolute Gasteiger partial charge is 0.0277 e. The molecule has 106 valence electrons. The molecule has 2 rings (SSSR count). The summed E-state index contributed by atoms with van der Waals surface area (Å²) in [5.74, 6) is 0. The maximum absolute atomic E-state index is 3.57. The van der Waals surface area contributed by atoms with E-state index >= 15 is 0 Å². The fraction of sp³-hybridized carbons (Fsp3) is 1.00. The van der Waals surface area contributed by atoms with Crippen LogP contribution < -0.4 is 5.32 Å². The van der Waals surface area contributed by atoms with Crippen LogP contribution in [-0.2, 0) is 0 Å². The summed E-state index contributed by atoms with van der Waals surface area (Å²) >= 11 is 0. The molecule has 1 aliphatic heterocycles. The molecule has 0 spiro atoms. The van der Waals surface area contributed by atoms with Gasteiger partial charge in [0.15, 0.2) is 0 Å². The van der Waals surface area contributed by atoms with Gasteiger partial charge in [0, 0.05) is 37.3 Å². The molecule has 0 aromatic heterocycles. The van der Waals surface area contributed by atoms with E-state index in [-0.39, 0.29) is 0 Å². The third-order valence-corrected chi connectivity index (χ3v) is 5.17. The second-order valence-corrected chi connectivity index (χ2v) is 6.80. The average molecular weight is 253 g/mol. The third kappa shape index (κ3) is 3.06. The van der Waals surface area contributed by atoms with Gasteiger partial charge in [0.1, 0.15) is 0 Å². The molecule has 1 N–H and O–H groups in total. The summed E-state index contributed by atoms with van der Waals surface area (Å²) in [7, 11) is 4.41. The molecule has 2 atom stereocenters. The number of piperazine rings is 1. The Hall–Kier alpha value is -0.120. The highest BCUT2D eigenvalue weighted by Gasteiger charge is 2.36. The summed E-state index contributed by atoms with van der Waals surface area (Å²) in [4.78, 5) is 5.26. The zero-order chi connectivity index (χ0) is 13.2. The lowest BCUT2D eigenvalue weighted by atomic mass is 9.94. The van der Waals surface area contributed by atoms with E-state index in [4.69, 9.17) is 0 Å². The highest BCUT2D eigenvalue weighted by molar-refractivity contribution is 4.94. The fourth-order valence-corrected chi connectivity index (χ4v) is 3.62. The van der Waals surface area contributed by atoms with Crippen molar-refractivity contribution in [3.8, 4) is 0 Å². The highest BCUT2D eigenvalue weighted by Crippen LogP contribution is 2.27. The normalized spacial score (nSPS) is 35.3. The quantitative estimate of drug-likeness (QED) is 0.759. The van der Waals surface area contributed by atoms with E-state index < -0.39 is 0 Å². The first-order valence-corrected chi connectivity index (χ1v) is 7.67. The van der Waals surface area contributed by atoms with Crippen LogP contribution in [0.1, 0.15) is 46.0 Å². The Morgan fingerprint density at radius 2 is 1.78 bits per heavy atom. The molecule has 3 heteroatoms. The van der Waals surface area contributed by atoms with Crippen LogP contribution in [0.3, 0.4) is 0 Å². The Labute approximate surface area is 113 Å². The summed E-state index contributed by atoms with van der Waals surface area (Å²) in [6.07, 6.45) is 6.97. The Bertz CT molecular complexity index is 264. The topological polar surface area (TPSA) is 18.5 Å². The third-order valence-electron chi connectivity index (χ3n) is 5.17. The highest BCUT2D eigenvalue weighted by atomic mass is 15.3. The van der Waals surface area contributed by atoms with Crippen LogP contribution in [0.25, 0.3) is 0 Å². The number of likely N-dealkylation sites (N-methyl/N-ethyl adjacent to an activating group) is 2. The molecule has 2 unspecified atom stereocenters. The van der Waals surface area contributed by atoms with Crippen LogP contribution in [0.4, 0.5) is 0 Å². The van der Waals surface area contributed by atoms with Crippen LogP contribution in [0.15, 0.2) is 0 Å². The summed E-state index contributed by atoms with van der Waals surface area (Å²) in [6.45, 7) is 8.42. The van der Waals surface area contributed by atoms with Crippen molar-refractivity contribution in [1.29, 1.82) is 0 Å². The van der Waals surface area contributed by atoms with Crippen molar-refractivity contribution in [1.82, 2.24) is 15.1 Å². The molecule has 0 aromatic carbocycles. The van der Waals surface area contributed by atoms with Crippen molar-refractivity contribution in [3.05, 3.63) is 0 Å². The van der Waals surface area contributed by atoms with E-state index in [2.05, 4.69) is 43.1 Å². The van der Waals surface area contributed by atoms with Gasteiger partial charge in [-0.1, -0.05) is 19.3 Å². The minimum atomic E-state index is 0.322. The zero-order valence-corrected chi connectivity index (χ0v) is 12.7. The molecule has 2 fully saturated rings. The molecule has 0 radical (unpaired) electrons. The fourth-order valence-electron chi connectivity index (χ4n) is 3.62. The predicted molar refractivity (Wildman–Crippen MR) is 78.0 cm³/mol. The average Bonchev–Trinajstić information content (AvgIpc) is 2.57. The molecule has 0 amide bonds. The van der Waals surface area contributed by atoms with Gasteiger partial charge < -0.3 is 5.32 Å². The van der Waals surface area contributed by atoms with Crippen molar-refractivity contribution in [2.75, 3.05) is 33.7 Å². The van der Waals surface area contributed by atoms with E-state index in [0.717, 1.165) is 6.04 Å². The molecular formula is C15H31N3. The first-order chi connectivity index (χ1) is 8.54. The van der Waals surface area contributed by atoms with Crippen LogP contribution >= 0.6 is 0 Å². The lowest BCUT2D eigenvalue weighted by molar-refractivity contribution is 0.00619.